The summed E-state index contributed by atoms with van der Waals surface area (Å²) in [6, 6.07) is 0. The van der Waals surface area contributed by atoms with Gasteiger partial charge < -0.3 is 4.74 Å². The number of fused-ring (bicyclic) bond motifs is 5. The van der Waals surface area contributed by atoms with Gasteiger partial charge in [-0.2, -0.15) is 0 Å². The van der Waals surface area contributed by atoms with Gasteiger partial charge >= 0.3 is 5.97 Å². The summed E-state index contributed by atoms with van der Waals surface area (Å²) in [5.41, 5.74) is 2.41. The predicted molar refractivity (Wildman–Crippen MR) is 179 cm³/mol. The van der Waals surface area contributed by atoms with Crippen LogP contribution in [0.5, 0.6) is 0 Å². The molecule has 4 aliphatic rings. The summed E-state index contributed by atoms with van der Waals surface area (Å²) in [5.74, 6) is 5.48. The van der Waals surface area contributed by atoms with E-state index < -0.39 is 0 Å². The SMILES string of the molecule is C/C=C\C/C=C\CCCCC(=O)OC1CCC2(C)C(=CCC3C2CCC2(C)C(C(C)/C=C/C(CC)C(C)C)CCC32)C1. The van der Waals surface area contributed by atoms with Crippen LogP contribution in [0.15, 0.2) is 48.1 Å². The van der Waals surface area contributed by atoms with Crippen molar-refractivity contribution in [2.24, 2.45) is 52.3 Å². The molecule has 3 saturated carbocycles. The van der Waals surface area contributed by atoms with Crippen LogP contribution >= 0.6 is 0 Å². The Morgan fingerprint density at radius 1 is 1.00 bits per heavy atom. The van der Waals surface area contributed by atoms with Crippen LogP contribution in [0, 0.1) is 52.3 Å². The van der Waals surface area contributed by atoms with Crippen LogP contribution in [-0.2, 0) is 9.53 Å². The van der Waals surface area contributed by atoms with Crippen molar-refractivity contribution in [1.29, 1.82) is 0 Å². The molecule has 0 aromatic rings. The largest absolute Gasteiger partial charge is 0.462 e. The second-order valence-corrected chi connectivity index (χ2v) is 15.4. The first-order valence-electron chi connectivity index (χ1n) is 18.0. The van der Waals surface area contributed by atoms with Crippen LogP contribution in [0.2, 0.25) is 0 Å². The lowest BCUT2D eigenvalue weighted by Crippen LogP contribution is -2.51. The molecule has 0 aromatic carbocycles. The van der Waals surface area contributed by atoms with E-state index in [0.717, 1.165) is 68.1 Å². The van der Waals surface area contributed by atoms with Crippen LogP contribution in [0.4, 0.5) is 0 Å². The fourth-order valence-corrected chi connectivity index (χ4v) is 10.1. The van der Waals surface area contributed by atoms with Crippen LogP contribution in [0.25, 0.3) is 0 Å². The van der Waals surface area contributed by atoms with E-state index in [2.05, 4.69) is 91.0 Å². The van der Waals surface area contributed by atoms with Crippen molar-refractivity contribution < 1.29 is 9.53 Å². The summed E-state index contributed by atoms with van der Waals surface area (Å²) in [6.07, 6.45) is 32.5. The Balaban J connectivity index is 1.31. The molecule has 2 nitrogen and oxygen atoms in total. The minimum atomic E-state index is 0.0167. The molecular formula is C40H64O2. The molecule has 0 saturated heterocycles. The summed E-state index contributed by atoms with van der Waals surface area (Å²) in [6.45, 7) is 16.9. The molecule has 9 unspecified atom stereocenters. The zero-order valence-electron chi connectivity index (χ0n) is 28.4. The van der Waals surface area contributed by atoms with E-state index in [1.165, 1.54) is 44.9 Å². The third-order valence-electron chi connectivity index (χ3n) is 12.7. The second-order valence-electron chi connectivity index (χ2n) is 15.4. The van der Waals surface area contributed by atoms with Crippen LogP contribution < -0.4 is 0 Å². The second kappa shape index (κ2) is 14.9. The topological polar surface area (TPSA) is 26.3 Å². The van der Waals surface area contributed by atoms with Gasteiger partial charge in [-0.15, -0.1) is 0 Å². The Labute approximate surface area is 259 Å². The quantitative estimate of drug-likeness (QED) is 0.124. The molecule has 0 spiro atoms. The van der Waals surface area contributed by atoms with Gasteiger partial charge in [0, 0.05) is 12.8 Å². The number of unbranched alkanes of at least 4 members (excludes halogenated alkanes) is 2. The summed E-state index contributed by atoms with van der Waals surface area (Å²) >= 11 is 0. The molecule has 42 heavy (non-hydrogen) atoms. The molecule has 4 aliphatic carbocycles. The van der Waals surface area contributed by atoms with E-state index >= 15 is 0 Å². The standard InChI is InChI=1S/C40H64O2/c1-8-10-11-12-13-14-15-16-17-38(41)42-33-24-26-39(6)32(28-33)20-21-34-36-23-22-35(40(36,7)27-25-37(34)39)30(5)18-19-31(9-2)29(3)4/h8,10,12-13,18-20,29-31,33-37H,9,11,14-17,21-28H2,1-7H3/b10-8-,13-12-,19-18+. The van der Waals surface area contributed by atoms with Crippen molar-refractivity contribution in [3.8, 4) is 0 Å². The van der Waals surface area contributed by atoms with E-state index in [1.54, 1.807) is 5.57 Å². The van der Waals surface area contributed by atoms with Gasteiger partial charge in [0.1, 0.15) is 6.10 Å². The lowest BCUT2D eigenvalue weighted by Gasteiger charge is -2.58. The number of ether oxygens (including phenoxy) is 1. The van der Waals surface area contributed by atoms with Gasteiger partial charge in [0.25, 0.3) is 0 Å². The number of carbonyl (C=O) groups is 1. The summed E-state index contributed by atoms with van der Waals surface area (Å²) < 4.78 is 6.06. The fourth-order valence-electron chi connectivity index (χ4n) is 10.1. The maximum absolute atomic E-state index is 12.7. The number of esters is 1. The van der Waals surface area contributed by atoms with Gasteiger partial charge in [0.05, 0.1) is 0 Å². The van der Waals surface area contributed by atoms with Crippen molar-refractivity contribution in [1.82, 2.24) is 0 Å². The Kier molecular flexibility index (Phi) is 11.9. The number of rotatable bonds is 13. The van der Waals surface area contributed by atoms with Gasteiger partial charge in [0.15, 0.2) is 0 Å². The minimum absolute atomic E-state index is 0.0167. The number of hydrogen-bond donors (Lipinski definition) is 0. The predicted octanol–water partition coefficient (Wildman–Crippen LogP) is 11.4. The molecule has 0 amide bonds. The van der Waals surface area contributed by atoms with E-state index in [9.17, 15) is 4.79 Å². The Bertz CT molecular complexity index is 999. The van der Waals surface area contributed by atoms with Gasteiger partial charge in [-0.25, -0.2) is 0 Å². The van der Waals surface area contributed by atoms with Gasteiger partial charge in [-0.1, -0.05) is 89.6 Å². The highest BCUT2D eigenvalue weighted by molar-refractivity contribution is 5.69. The highest BCUT2D eigenvalue weighted by Crippen LogP contribution is 2.67. The average Bonchev–Trinajstić information content (AvgIpc) is 3.32. The molecule has 0 aromatic heterocycles. The molecule has 0 aliphatic heterocycles. The summed E-state index contributed by atoms with van der Waals surface area (Å²) in [5, 5.41) is 0. The van der Waals surface area contributed by atoms with E-state index in [1.807, 2.05) is 0 Å². The van der Waals surface area contributed by atoms with Crippen molar-refractivity contribution in [2.75, 3.05) is 0 Å². The number of allylic oxidation sites excluding steroid dienone is 7. The maximum atomic E-state index is 12.7. The molecule has 0 bridgehead atoms. The minimum Gasteiger partial charge on any atom is -0.462 e. The van der Waals surface area contributed by atoms with Crippen molar-refractivity contribution in [3.05, 3.63) is 48.1 Å². The highest BCUT2D eigenvalue weighted by Gasteiger charge is 2.59. The molecule has 9 atom stereocenters. The van der Waals surface area contributed by atoms with E-state index in [0.29, 0.717) is 29.1 Å². The highest BCUT2D eigenvalue weighted by atomic mass is 16.5. The molecule has 0 radical (unpaired) electrons. The fraction of sp³-hybridized carbons (Fsp3) is 0.775. The first-order valence-corrected chi connectivity index (χ1v) is 18.0. The average molecular weight is 577 g/mol. The lowest BCUT2D eigenvalue weighted by molar-refractivity contribution is -0.151. The monoisotopic (exact) mass is 576 g/mol. The van der Waals surface area contributed by atoms with Crippen LogP contribution in [0.3, 0.4) is 0 Å². The van der Waals surface area contributed by atoms with Crippen molar-refractivity contribution in [2.45, 2.75) is 144 Å². The Hall–Kier alpha value is -1.57. The molecule has 0 N–H and O–H groups in total. The molecule has 3 fully saturated rings. The summed E-state index contributed by atoms with van der Waals surface area (Å²) in [4.78, 5) is 12.7. The van der Waals surface area contributed by atoms with Crippen molar-refractivity contribution in [3.63, 3.8) is 0 Å². The normalized spacial score (nSPS) is 36.2. The van der Waals surface area contributed by atoms with E-state index in [-0.39, 0.29) is 12.1 Å². The number of hydrogen-bond acceptors (Lipinski definition) is 2. The molecular weight excluding hydrogens is 512 g/mol. The molecule has 4 rings (SSSR count). The molecule has 236 valence electrons. The zero-order chi connectivity index (χ0) is 30.3. The number of carbonyl (C=O) groups excluding carboxylic acids is 1. The molecule has 0 heterocycles. The molecule has 2 heteroatoms. The maximum Gasteiger partial charge on any atom is 0.306 e. The smallest absolute Gasteiger partial charge is 0.306 e. The third kappa shape index (κ3) is 7.38. The van der Waals surface area contributed by atoms with Crippen LogP contribution in [-0.4, -0.2) is 12.1 Å². The Morgan fingerprint density at radius 3 is 2.55 bits per heavy atom. The van der Waals surface area contributed by atoms with Crippen molar-refractivity contribution >= 4 is 5.97 Å². The third-order valence-corrected chi connectivity index (χ3v) is 12.7. The first kappa shape index (κ1) is 33.3. The van der Waals surface area contributed by atoms with Gasteiger partial charge in [0.2, 0.25) is 0 Å². The summed E-state index contributed by atoms with van der Waals surface area (Å²) in [7, 11) is 0. The van der Waals surface area contributed by atoms with Gasteiger partial charge in [-0.05, 0) is 136 Å². The zero-order valence-corrected chi connectivity index (χ0v) is 28.4. The van der Waals surface area contributed by atoms with E-state index in [4.69, 9.17) is 4.74 Å². The van der Waals surface area contributed by atoms with Gasteiger partial charge in [-0.3, -0.25) is 4.79 Å². The lowest BCUT2D eigenvalue weighted by atomic mass is 9.47. The Morgan fingerprint density at radius 2 is 1.81 bits per heavy atom. The van der Waals surface area contributed by atoms with Crippen LogP contribution in [0.1, 0.15) is 138 Å². The first-order chi connectivity index (χ1) is 20.1.